The molecule has 0 aromatic rings. The molecule has 9 heavy (non-hydrogen) atoms. The fourth-order valence-corrected chi connectivity index (χ4v) is 1.18. The average molecular weight is 131 g/mol. The average Bonchev–Trinajstić information content (AvgIpc) is 1.79. The van der Waals surface area contributed by atoms with Crippen LogP contribution < -0.4 is 0 Å². The monoisotopic (exact) mass is 131 g/mol. The molecule has 0 bridgehead atoms. The van der Waals surface area contributed by atoms with Crippen LogP contribution in [0.5, 0.6) is 0 Å². The van der Waals surface area contributed by atoms with Crippen molar-refractivity contribution < 1.29 is 10.2 Å². The molecule has 1 aliphatic rings. The first-order valence-corrected chi connectivity index (χ1v) is 3.14. The fourth-order valence-electron chi connectivity index (χ4n) is 1.18. The largest absolute Gasteiger partial charge is 0.392 e. The van der Waals surface area contributed by atoms with Crippen LogP contribution in [0, 0.1) is 0 Å². The Bertz CT molecular complexity index is 114. The van der Waals surface area contributed by atoms with Gasteiger partial charge in [-0.2, -0.15) is 0 Å². The minimum Gasteiger partial charge on any atom is -0.392 e. The number of likely N-dealkylation sites (N-methyl/N-ethyl adjacent to an activating group) is 1. The first kappa shape index (κ1) is 6.99. The van der Waals surface area contributed by atoms with Crippen molar-refractivity contribution in [3.63, 3.8) is 0 Å². The molecule has 54 valence electrons. The van der Waals surface area contributed by atoms with Crippen LogP contribution in [-0.2, 0) is 0 Å². The van der Waals surface area contributed by atoms with Crippen molar-refractivity contribution in [2.75, 3.05) is 13.6 Å². The molecule has 2 N–H and O–H groups in total. The summed E-state index contributed by atoms with van der Waals surface area (Å²) in [6, 6.07) is 0. The minimum absolute atomic E-state index is 0.356. The highest BCUT2D eigenvalue weighted by molar-refractivity contribution is 4.85. The summed E-state index contributed by atoms with van der Waals surface area (Å²) < 4.78 is 0. The maximum Gasteiger partial charge on any atom is 0.118 e. The van der Waals surface area contributed by atoms with Gasteiger partial charge in [0.25, 0.3) is 0 Å². The lowest BCUT2D eigenvalue weighted by Crippen LogP contribution is -2.37. The molecule has 1 aliphatic heterocycles. The van der Waals surface area contributed by atoms with E-state index in [0.717, 1.165) is 0 Å². The van der Waals surface area contributed by atoms with Gasteiger partial charge in [-0.15, -0.1) is 0 Å². The van der Waals surface area contributed by atoms with E-state index in [-0.39, 0.29) is 6.10 Å². The smallest absolute Gasteiger partial charge is 0.118 e. The summed E-state index contributed by atoms with van der Waals surface area (Å²) in [4.78, 5) is 1.75. The van der Waals surface area contributed by atoms with Crippen LogP contribution in [0.4, 0.5) is 0 Å². The molecule has 0 saturated carbocycles. The number of aliphatic hydroxyl groups excluding tert-OH is 1. The molecule has 0 spiro atoms. The predicted molar refractivity (Wildman–Crippen MR) is 33.9 cm³/mol. The van der Waals surface area contributed by atoms with Gasteiger partial charge in [-0.25, -0.2) is 0 Å². The zero-order valence-electron chi connectivity index (χ0n) is 5.83. The summed E-state index contributed by atoms with van der Waals surface area (Å²) in [5.41, 5.74) is -0.792. The highest BCUT2D eigenvalue weighted by Gasteiger charge is 2.36. The van der Waals surface area contributed by atoms with E-state index < -0.39 is 5.72 Å². The summed E-state index contributed by atoms with van der Waals surface area (Å²) in [7, 11) is 1.80. The highest BCUT2D eigenvalue weighted by atomic mass is 16.3. The second kappa shape index (κ2) is 1.94. The zero-order valence-corrected chi connectivity index (χ0v) is 5.83. The van der Waals surface area contributed by atoms with Crippen LogP contribution >= 0.6 is 0 Å². The SMILES string of the molecule is CN1CC(O)CC1(C)O. The lowest BCUT2D eigenvalue weighted by atomic mass is 10.2. The minimum atomic E-state index is -0.792. The molecule has 3 nitrogen and oxygen atoms in total. The Balaban J connectivity index is 2.58. The Labute approximate surface area is 54.9 Å². The third kappa shape index (κ3) is 1.23. The van der Waals surface area contributed by atoms with Crippen molar-refractivity contribution in [2.45, 2.75) is 25.2 Å². The van der Waals surface area contributed by atoms with E-state index in [2.05, 4.69) is 0 Å². The topological polar surface area (TPSA) is 43.7 Å². The van der Waals surface area contributed by atoms with Crippen molar-refractivity contribution in [2.24, 2.45) is 0 Å². The molecular weight excluding hydrogens is 118 g/mol. The Morgan fingerprint density at radius 1 is 1.67 bits per heavy atom. The molecule has 0 amide bonds. The van der Waals surface area contributed by atoms with E-state index in [1.807, 2.05) is 0 Å². The normalized spacial score (nSPS) is 46.0. The van der Waals surface area contributed by atoms with E-state index in [1.54, 1.807) is 18.9 Å². The van der Waals surface area contributed by atoms with Crippen LogP contribution in [0.3, 0.4) is 0 Å². The number of rotatable bonds is 0. The van der Waals surface area contributed by atoms with E-state index in [9.17, 15) is 5.11 Å². The van der Waals surface area contributed by atoms with Crippen molar-refractivity contribution in [3.05, 3.63) is 0 Å². The Kier molecular flexibility index (Phi) is 1.50. The van der Waals surface area contributed by atoms with Gasteiger partial charge in [-0.3, -0.25) is 4.90 Å². The van der Waals surface area contributed by atoms with Gasteiger partial charge in [-0.1, -0.05) is 0 Å². The van der Waals surface area contributed by atoms with E-state index in [1.165, 1.54) is 0 Å². The van der Waals surface area contributed by atoms with Gasteiger partial charge in [-0.05, 0) is 14.0 Å². The Morgan fingerprint density at radius 2 is 2.22 bits per heavy atom. The molecule has 0 aromatic heterocycles. The highest BCUT2D eigenvalue weighted by Crippen LogP contribution is 2.23. The molecule has 0 aromatic carbocycles. The van der Waals surface area contributed by atoms with E-state index >= 15 is 0 Å². The summed E-state index contributed by atoms with van der Waals surface area (Å²) in [6.07, 6.45) is 0.105. The molecule has 0 radical (unpaired) electrons. The zero-order chi connectivity index (χ0) is 7.07. The van der Waals surface area contributed by atoms with Crippen LogP contribution in [-0.4, -0.2) is 40.5 Å². The Morgan fingerprint density at radius 3 is 2.33 bits per heavy atom. The number of hydrogen-bond acceptors (Lipinski definition) is 3. The summed E-state index contributed by atoms with van der Waals surface area (Å²) in [6.45, 7) is 2.29. The number of nitrogens with zero attached hydrogens (tertiary/aromatic N) is 1. The fraction of sp³-hybridized carbons (Fsp3) is 1.00. The van der Waals surface area contributed by atoms with Gasteiger partial charge < -0.3 is 10.2 Å². The quantitative estimate of drug-likeness (QED) is 0.461. The number of hydrogen-bond donors (Lipinski definition) is 2. The Hall–Kier alpha value is -0.120. The van der Waals surface area contributed by atoms with Crippen LogP contribution in [0.15, 0.2) is 0 Å². The van der Waals surface area contributed by atoms with Crippen LogP contribution in [0.2, 0.25) is 0 Å². The first-order chi connectivity index (χ1) is 4.02. The third-order valence-electron chi connectivity index (χ3n) is 1.93. The number of aliphatic hydroxyl groups is 2. The van der Waals surface area contributed by atoms with Gasteiger partial charge in [0.05, 0.1) is 6.10 Å². The van der Waals surface area contributed by atoms with Gasteiger partial charge in [0.15, 0.2) is 0 Å². The maximum absolute atomic E-state index is 9.40. The second-order valence-corrected chi connectivity index (χ2v) is 2.96. The third-order valence-corrected chi connectivity index (χ3v) is 1.93. The first-order valence-electron chi connectivity index (χ1n) is 3.14. The summed E-state index contributed by atoms with van der Waals surface area (Å²) >= 11 is 0. The molecule has 2 atom stereocenters. The summed E-state index contributed by atoms with van der Waals surface area (Å²) in [5, 5.41) is 18.4. The molecular formula is C6H13NO2. The molecule has 0 aliphatic carbocycles. The summed E-state index contributed by atoms with van der Waals surface area (Å²) in [5.74, 6) is 0. The van der Waals surface area contributed by atoms with E-state index in [4.69, 9.17) is 5.11 Å². The van der Waals surface area contributed by atoms with Crippen molar-refractivity contribution in [1.82, 2.24) is 4.90 Å². The molecule has 1 saturated heterocycles. The van der Waals surface area contributed by atoms with Crippen molar-refractivity contribution in [1.29, 1.82) is 0 Å². The predicted octanol–water partition coefficient (Wildman–Crippen LogP) is -0.609. The number of likely N-dealkylation sites (tertiary alicyclic amines) is 1. The van der Waals surface area contributed by atoms with Gasteiger partial charge >= 0.3 is 0 Å². The molecule has 3 heteroatoms. The number of β-amino-alcohol motifs (C(OH)–C–C–N with tert-alkyl or cyclic N) is 1. The van der Waals surface area contributed by atoms with Crippen molar-refractivity contribution >= 4 is 0 Å². The van der Waals surface area contributed by atoms with Gasteiger partial charge in [0.2, 0.25) is 0 Å². The lowest BCUT2D eigenvalue weighted by Gasteiger charge is -2.24. The van der Waals surface area contributed by atoms with Crippen LogP contribution in [0.25, 0.3) is 0 Å². The molecule has 1 fully saturated rings. The van der Waals surface area contributed by atoms with E-state index in [0.29, 0.717) is 13.0 Å². The maximum atomic E-state index is 9.40. The van der Waals surface area contributed by atoms with Gasteiger partial charge in [0.1, 0.15) is 5.72 Å². The molecule has 1 heterocycles. The van der Waals surface area contributed by atoms with Crippen LogP contribution in [0.1, 0.15) is 13.3 Å². The molecule has 2 unspecified atom stereocenters. The van der Waals surface area contributed by atoms with Crippen molar-refractivity contribution in [3.8, 4) is 0 Å². The lowest BCUT2D eigenvalue weighted by molar-refractivity contribution is -0.0508. The standard InChI is InChI=1S/C6H13NO2/c1-6(9)3-5(8)4-7(6)2/h5,8-9H,3-4H2,1-2H3. The van der Waals surface area contributed by atoms with Gasteiger partial charge in [0, 0.05) is 13.0 Å². The second-order valence-electron chi connectivity index (χ2n) is 2.96. The molecule has 1 rings (SSSR count).